The fraction of sp³-hybridized carbons (Fsp3) is 0.429. The van der Waals surface area contributed by atoms with Crippen LogP contribution in [-0.2, 0) is 17.8 Å². The zero-order valence-electron chi connectivity index (χ0n) is 20.1. The van der Waals surface area contributed by atoms with Crippen molar-refractivity contribution in [3.05, 3.63) is 65.4 Å². The Morgan fingerprint density at radius 3 is 2.85 bits per heavy atom. The molecule has 1 atom stereocenters. The molecule has 2 N–H and O–H groups in total. The van der Waals surface area contributed by atoms with Crippen LogP contribution in [0.1, 0.15) is 49.3 Å². The summed E-state index contributed by atoms with van der Waals surface area (Å²) in [6.45, 7) is 8.72. The van der Waals surface area contributed by atoms with Crippen molar-refractivity contribution in [1.29, 1.82) is 0 Å². The summed E-state index contributed by atoms with van der Waals surface area (Å²) in [7, 11) is 0. The van der Waals surface area contributed by atoms with Crippen molar-refractivity contribution in [1.82, 2.24) is 15.2 Å². The molecule has 0 spiro atoms. The number of carbonyl (C=O) groups excluding carboxylic acids is 1. The lowest BCUT2D eigenvalue weighted by Gasteiger charge is -2.34. The highest BCUT2D eigenvalue weighted by Gasteiger charge is 2.22. The molecule has 2 aliphatic heterocycles. The van der Waals surface area contributed by atoms with Crippen molar-refractivity contribution >= 4 is 22.5 Å². The molecule has 2 aliphatic rings. The first-order valence-electron chi connectivity index (χ1n) is 12.5. The van der Waals surface area contributed by atoms with E-state index in [1.807, 2.05) is 18.3 Å². The molecule has 5 rings (SSSR count). The van der Waals surface area contributed by atoms with Crippen LogP contribution in [0.5, 0.6) is 5.75 Å². The molecule has 34 heavy (non-hydrogen) atoms. The minimum Gasteiger partial charge on any atom is -0.482 e. The van der Waals surface area contributed by atoms with Crippen molar-refractivity contribution in [3.63, 3.8) is 0 Å². The fourth-order valence-corrected chi connectivity index (χ4v) is 5.15. The van der Waals surface area contributed by atoms with E-state index in [9.17, 15) is 4.79 Å². The molecule has 1 unspecified atom stereocenters. The normalized spacial score (nSPS) is 17.8. The van der Waals surface area contributed by atoms with Crippen LogP contribution in [0.4, 0.5) is 5.69 Å². The van der Waals surface area contributed by atoms with Crippen LogP contribution in [0.3, 0.4) is 0 Å². The first-order chi connectivity index (χ1) is 16.6. The van der Waals surface area contributed by atoms with Gasteiger partial charge in [0.2, 0.25) is 0 Å². The third kappa shape index (κ3) is 5.08. The average molecular weight is 459 g/mol. The van der Waals surface area contributed by atoms with Crippen LogP contribution >= 0.6 is 0 Å². The van der Waals surface area contributed by atoms with Gasteiger partial charge in [0.05, 0.1) is 11.2 Å². The number of hydrogen-bond donors (Lipinski definition) is 2. The quantitative estimate of drug-likeness (QED) is 0.546. The van der Waals surface area contributed by atoms with Gasteiger partial charge >= 0.3 is 0 Å². The van der Waals surface area contributed by atoms with Crippen LogP contribution in [0.2, 0.25) is 0 Å². The Morgan fingerprint density at radius 1 is 1.18 bits per heavy atom. The van der Waals surface area contributed by atoms with Gasteiger partial charge in [0.15, 0.2) is 6.61 Å². The molecule has 0 saturated carbocycles. The monoisotopic (exact) mass is 458 g/mol. The third-order valence-electron chi connectivity index (χ3n) is 7.15. The zero-order chi connectivity index (χ0) is 23.5. The van der Waals surface area contributed by atoms with Gasteiger partial charge < -0.3 is 20.3 Å². The van der Waals surface area contributed by atoms with Crippen LogP contribution in [0.15, 0.2) is 48.7 Å². The van der Waals surface area contributed by atoms with Gasteiger partial charge in [0.25, 0.3) is 5.91 Å². The molecule has 178 valence electrons. The molecule has 3 heterocycles. The first kappa shape index (κ1) is 22.8. The number of hydrogen-bond acceptors (Lipinski definition) is 5. The Labute approximate surface area is 201 Å². The molecule has 1 amide bonds. The average Bonchev–Trinajstić information content (AvgIpc) is 2.87. The number of amides is 1. The number of ether oxygens (including phenoxy) is 1. The van der Waals surface area contributed by atoms with Gasteiger partial charge in [-0.1, -0.05) is 32.0 Å². The van der Waals surface area contributed by atoms with Crippen LogP contribution in [0.25, 0.3) is 10.9 Å². The lowest BCUT2D eigenvalue weighted by molar-refractivity contribution is -0.118. The van der Waals surface area contributed by atoms with E-state index < -0.39 is 0 Å². The summed E-state index contributed by atoms with van der Waals surface area (Å²) in [6, 6.07) is 15.4. The molecule has 0 radical (unpaired) electrons. The van der Waals surface area contributed by atoms with E-state index in [0.717, 1.165) is 68.0 Å². The van der Waals surface area contributed by atoms with Crippen molar-refractivity contribution < 1.29 is 9.53 Å². The summed E-state index contributed by atoms with van der Waals surface area (Å²) in [5.74, 6) is 1.12. The topological polar surface area (TPSA) is 66.5 Å². The number of fused-ring (bicyclic) bond motifs is 2. The Morgan fingerprint density at radius 2 is 2.03 bits per heavy atom. The second-order valence-electron chi connectivity index (χ2n) is 9.64. The Hall–Kier alpha value is -2.96. The van der Waals surface area contributed by atoms with Crippen LogP contribution < -0.4 is 15.4 Å². The summed E-state index contributed by atoms with van der Waals surface area (Å²) in [5, 5.41) is 7.90. The van der Waals surface area contributed by atoms with Gasteiger partial charge in [-0.15, -0.1) is 0 Å². The summed E-state index contributed by atoms with van der Waals surface area (Å²) in [5.41, 5.74) is 5.74. The van der Waals surface area contributed by atoms with E-state index in [2.05, 4.69) is 64.7 Å². The molecule has 0 aliphatic carbocycles. The summed E-state index contributed by atoms with van der Waals surface area (Å²) in [6.07, 6.45) is 5.31. The minimum atomic E-state index is -0.0928. The van der Waals surface area contributed by atoms with E-state index in [1.54, 1.807) is 0 Å². The standard InChI is InChI=1S/C28H34N4O2/c1-3-20-13-24-23(5-4-6-25(24)30-15-20)19(2)17-32-11-9-22(10-12-32)29-16-21-7-8-27-26(14-21)31-28(33)18-34-27/h4-8,13-15,19,22,29H,3,9-12,16-18H2,1-2H3,(H,31,33). The molecule has 1 saturated heterocycles. The van der Waals surface area contributed by atoms with E-state index >= 15 is 0 Å². The molecular weight excluding hydrogens is 424 g/mol. The molecule has 1 aromatic heterocycles. The van der Waals surface area contributed by atoms with Crippen molar-refractivity contribution in [2.75, 3.05) is 31.6 Å². The summed E-state index contributed by atoms with van der Waals surface area (Å²) < 4.78 is 5.45. The van der Waals surface area contributed by atoms with E-state index in [-0.39, 0.29) is 12.5 Å². The van der Waals surface area contributed by atoms with Gasteiger partial charge in [0, 0.05) is 30.7 Å². The van der Waals surface area contributed by atoms with E-state index in [0.29, 0.717) is 12.0 Å². The lowest BCUT2D eigenvalue weighted by Crippen LogP contribution is -2.43. The Bertz CT molecular complexity index is 1170. The van der Waals surface area contributed by atoms with E-state index in [4.69, 9.17) is 4.74 Å². The lowest BCUT2D eigenvalue weighted by atomic mass is 9.94. The molecule has 0 bridgehead atoms. The number of nitrogens with one attached hydrogen (secondary N) is 2. The second kappa shape index (κ2) is 10.1. The predicted molar refractivity (Wildman–Crippen MR) is 136 cm³/mol. The van der Waals surface area contributed by atoms with Crippen molar-refractivity contribution in [2.45, 2.75) is 51.6 Å². The summed E-state index contributed by atoms with van der Waals surface area (Å²) in [4.78, 5) is 18.9. The number of benzene rings is 2. The molecule has 6 nitrogen and oxygen atoms in total. The number of nitrogens with zero attached hydrogens (tertiary/aromatic N) is 2. The number of piperidine rings is 1. The van der Waals surface area contributed by atoms with Crippen molar-refractivity contribution in [3.8, 4) is 5.75 Å². The van der Waals surface area contributed by atoms with Gasteiger partial charge in [-0.25, -0.2) is 0 Å². The maximum atomic E-state index is 11.6. The molecule has 1 fully saturated rings. The number of likely N-dealkylation sites (tertiary alicyclic amines) is 1. The maximum absolute atomic E-state index is 11.6. The second-order valence-corrected chi connectivity index (χ2v) is 9.64. The highest BCUT2D eigenvalue weighted by atomic mass is 16.5. The van der Waals surface area contributed by atoms with Crippen LogP contribution in [0, 0.1) is 0 Å². The smallest absolute Gasteiger partial charge is 0.262 e. The number of aromatic nitrogens is 1. The zero-order valence-corrected chi connectivity index (χ0v) is 20.1. The van der Waals surface area contributed by atoms with Gasteiger partial charge in [-0.3, -0.25) is 9.78 Å². The number of pyridine rings is 1. The van der Waals surface area contributed by atoms with Crippen LogP contribution in [-0.4, -0.2) is 48.1 Å². The van der Waals surface area contributed by atoms with E-state index in [1.165, 1.54) is 16.5 Å². The fourth-order valence-electron chi connectivity index (χ4n) is 5.15. The van der Waals surface area contributed by atoms with Gasteiger partial charge in [-0.05, 0) is 79.2 Å². The predicted octanol–water partition coefficient (Wildman–Crippen LogP) is 4.49. The number of aryl methyl sites for hydroxylation is 1. The molecule has 6 heteroatoms. The SMILES string of the molecule is CCc1cnc2cccc(C(C)CN3CCC(NCc4ccc5c(c4)NC(=O)CO5)CC3)c2c1. The maximum Gasteiger partial charge on any atom is 0.262 e. The molecular formula is C28H34N4O2. The summed E-state index contributed by atoms with van der Waals surface area (Å²) >= 11 is 0. The third-order valence-corrected chi connectivity index (χ3v) is 7.15. The highest BCUT2D eigenvalue weighted by Crippen LogP contribution is 2.29. The number of carbonyl (C=O) groups is 1. The first-order valence-corrected chi connectivity index (χ1v) is 12.5. The highest BCUT2D eigenvalue weighted by molar-refractivity contribution is 5.95. The minimum absolute atomic E-state index is 0.0928. The molecule has 2 aromatic carbocycles. The van der Waals surface area contributed by atoms with Gasteiger partial charge in [0.1, 0.15) is 5.75 Å². The largest absolute Gasteiger partial charge is 0.482 e. The number of anilines is 1. The Balaban J connectivity index is 1.14. The molecule has 3 aromatic rings. The van der Waals surface area contributed by atoms with Crippen molar-refractivity contribution in [2.24, 2.45) is 0 Å². The van der Waals surface area contributed by atoms with Gasteiger partial charge in [-0.2, -0.15) is 0 Å². The number of rotatable bonds is 7. The Kier molecular flexibility index (Phi) is 6.79.